The summed E-state index contributed by atoms with van der Waals surface area (Å²) in [5.74, 6) is -2.44. The molecule has 0 bridgehead atoms. The molecular weight excluding hydrogens is 370 g/mol. The van der Waals surface area contributed by atoms with Crippen LogP contribution >= 0.6 is 0 Å². The predicted octanol–water partition coefficient (Wildman–Crippen LogP) is 5.51. The van der Waals surface area contributed by atoms with Crippen molar-refractivity contribution in [2.75, 3.05) is 0 Å². The average molecular weight is 414 g/mol. The molecule has 29 heavy (non-hydrogen) atoms. The average Bonchev–Trinajstić information content (AvgIpc) is 2.68. The van der Waals surface area contributed by atoms with Gasteiger partial charge in [0, 0.05) is 12.8 Å². The lowest BCUT2D eigenvalue weighted by Crippen LogP contribution is -2.34. The Morgan fingerprint density at radius 3 is 1.55 bits per heavy atom. The molecule has 0 aromatic rings. The lowest BCUT2D eigenvalue weighted by Gasteiger charge is -2.09. The summed E-state index contributed by atoms with van der Waals surface area (Å²) in [6.45, 7) is 2.25. The number of ether oxygens (including phenoxy) is 1. The Labute approximate surface area is 177 Å². The first-order valence-corrected chi connectivity index (χ1v) is 11.7. The summed E-state index contributed by atoms with van der Waals surface area (Å²) < 4.78 is 4.67. The summed E-state index contributed by atoms with van der Waals surface area (Å²) in [6, 6.07) is -1.06. The van der Waals surface area contributed by atoms with E-state index < -0.39 is 23.9 Å². The van der Waals surface area contributed by atoms with Gasteiger partial charge in [0.1, 0.15) is 6.04 Å². The minimum absolute atomic E-state index is 0.0274. The third-order valence-corrected chi connectivity index (χ3v) is 5.17. The van der Waals surface area contributed by atoms with Crippen molar-refractivity contribution in [2.24, 2.45) is 5.73 Å². The summed E-state index contributed by atoms with van der Waals surface area (Å²) in [5, 5.41) is 8.55. The van der Waals surface area contributed by atoms with Crippen LogP contribution in [0.5, 0.6) is 0 Å². The van der Waals surface area contributed by atoms with Crippen molar-refractivity contribution in [1.82, 2.24) is 0 Å². The number of carbonyl (C=O) groups excluding carboxylic acids is 2. The molecule has 0 saturated carbocycles. The third-order valence-electron chi connectivity index (χ3n) is 5.17. The zero-order valence-corrected chi connectivity index (χ0v) is 18.5. The molecule has 6 nitrogen and oxygen atoms in total. The van der Waals surface area contributed by atoms with Crippen LogP contribution in [0.25, 0.3) is 0 Å². The molecule has 6 heteroatoms. The summed E-state index contributed by atoms with van der Waals surface area (Å²) in [5.41, 5.74) is 5.51. The molecule has 0 rings (SSSR count). The van der Waals surface area contributed by atoms with Crippen molar-refractivity contribution >= 4 is 17.9 Å². The van der Waals surface area contributed by atoms with Crippen LogP contribution in [0.3, 0.4) is 0 Å². The first kappa shape index (κ1) is 27.6. The second-order valence-corrected chi connectivity index (χ2v) is 8.03. The minimum Gasteiger partial charge on any atom is -0.481 e. The molecule has 0 aromatic carbocycles. The normalized spacial score (nSPS) is 11.9. The molecule has 0 spiro atoms. The second-order valence-electron chi connectivity index (χ2n) is 8.03. The maximum atomic E-state index is 11.6. The highest BCUT2D eigenvalue weighted by molar-refractivity contribution is 5.88. The molecule has 1 unspecified atom stereocenters. The standard InChI is InChI=1S/C23H43NO5/c1-2-3-4-5-6-7-8-9-10-11-12-13-14-15-16-17-22(27)29-23(28)20(24)18-19-21(25)26/h20H,2-19,24H2,1H3,(H,25,26). The number of carbonyl (C=O) groups is 3. The monoisotopic (exact) mass is 413 g/mol. The van der Waals surface area contributed by atoms with E-state index in [9.17, 15) is 14.4 Å². The number of rotatable bonds is 20. The molecular formula is C23H43NO5. The van der Waals surface area contributed by atoms with Gasteiger partial charge in [-0.25, -0.2) is 4.79 Å². The Morgan fingerprint density at radius 2 is 1.14 bits per heavy atom. The molecule has 0 saturated heterocycles. The van der Waals surface area contributed by atoms with Gasteiger partial charge in [0.2, 0.25) is 0 Å². The van der Waals surface area contributed by atoms with Gasteiger partial charge in [-0.15, -0.1) is 0 Å². The molecule has 0 aromatic heterocycles. The summed E-state index contributed by atoms with van der Waals surface area (Å²) in [4.78, 5) is 33.6. The molecule has 0 aliphatic carbocycles. The number of unbranched alkanes of at least 4 members (excludes halogenated alkanes) is 14. The number of aliphatic carboxylic acids is 1. The van der Waals surface area contributed by atoms with Gasteiger partial charge >= 0.3 is 17.9 Å². The Kier molecular flexibility index (Phi) is 18.9. The highest BCUT2D eigenvalue weighted by Crippen LogP contribution is 2.14. The molecule has 0 amide bonds. The van der Waals surface area contributed by atoms with Crippen LogP contribution in [0.15, 0.2) is 0 Å². The Bertz CT molecular complexity index is 439. The summed E-state index contributed by atoms with van der Waals surface area (Å²) in [6.07, 6.45) is 18.7. The van der Waals surface area contributed by atoms with Crippen LogP contribution in [0.2, 0.25) is 0 Å². The number of nitrogens with two attached hydrogens (primary N) is 1. The maximum Gasteiger partial charge on any atom is 0.330 e. The van der Waals surface area contributed by atoms with Gasteiger partial charge < -0.3 is 15.6 Å². The lowest BCUT2D eigenvalue weighted by atomic mass is 10.0. The molecule has 1 atom stereocenters. The van der Waals surface area contributed by atoms with Crippen molar-refractivity contribution in [3.63, 3.8) is 0 Å². The van der Waals surface area contributed by atoms with Gasteiger partial charge in [0.25, 0.3) is 0 Å². The van der Waals surface area contributed by atoms with Crippen LogP contribution in [0, 0.1) is 0 Å². The van der Waals surface area contributed by atoms with Crippen molar-refractivity contribution in [1.29, 1.82) is 0 Å². The van der Waals surface area contributed by atoms with Crippen LogP contribution < -0.4 is 5.73 Å². The summed E-state index contributed by atoms with van der Waals surface area (Å²) >= 11 is 0. The zero-order valence-electron chi connectivity index (χ0n) is 18.5. The fraction of sp³-hybridized carbons (Fsp3) is 0.870. The SMILES string of the molecule is CCCCCCCCCCCCCCCCCC(=O)OC(=O)C(N)CCC(=O)O. The first-order valence-electron chi connectivity index (χ1n) is 11.7. The summed E-state index contributed by atoms with van der Waals surface area (Å²) in [7, 11) is 0. The number of carboxylic acid groups (broad SMARTS) is 1. The van der Waals surface area contributed by atoms with Crippen LogP contribution in [-0.4, -0.2) is 29.1 Å². The highest BCUT2D eigenvalue weighted by Gasteiger charge is 2.19. The van der Waals surface area contributed by atoms with Crippen LogP contribution in [-0.2, 0) is 19.1 Å². The molecule has 170 valence electrons. The van der Waals surface area contributed by atoms with Crippen LogP contribution in [0.1, 0.15) is 122 Å². The zero-order chi connectivity index (χ0) is 21.7. The number of hydrogen-bond donors (Lipinski definition) is 2. The second kappa shape index (κ2) is 19.9. The Balaban J connectivity index is 3.38. The van der Waals surface area contributed by atoms with Crippen molar-refractivity contribution in [3.05, 3.63) is 0 Å². The molecule has 3 N–H and O–H groups in total. The molecule has 0 fully saturated rings. The van der Waals surface area contributed by atoms with E-state index in [0.717, 1.165) is 12.8 Å². The minimum atomic E-state index is -1.06. The van der Waals surface area contributed by atoms with Gasteiger partial charge in [-0.2, -0.15) is 0 Å². The Hall–Kier alpha value is -1.43. The van der Waals surface area contributed by atoms with Gasteiger partial charge in [0.05, 0.1) is 0 Å². The van der Waals surface area contributed by atoms with E-state index in [-0.39, 0.29) is 19.3 Å². The number of hydrogen-bond acceptors (Lipinski definition) is 5. The number of carboxylic acids is 1. The largest absolute Gasteiger partial charge is 0.481 e. The van der Waals surface area contributed by atoms with E-state index in [1.807, 2.05) is 0 Å². The predicted molar refractivity (Wildman–Crippen MR) is 115 cm³/mol. The highest BCUT2D eigenvalue weighted by atomic mass is 16.6. The van der Waals surface area contributed by atoms with Gasteiger partial charge in [-0.05, 0) is 12.8 Å². The lowest BCUT2D eigenvalue weighted by molar-refractivity contribution is -0.160. The van der Waals surface area contributed by atoms with E-state index >= 15 is 0 Å². The van der Waals surface area contributed by atoms with E-state index in [1.54, 1.807) is 0 Å². The first-order chi connectivity index (χ1) is 14.0. The Morgan fingerprint density at radius 1 is 0.724 bits per heavy atom. The smallest absolute Gasteiger partial charge is 0.330 e. The van der Waals surface area contributed by atoms with Crippen molar-refractivity contribution in [2.45, 2.75) is 129 Å². The van der Waals surface area contributed by atoms with Gasteiger partial charge in [-0.1, -0.05) is 96.8 Å². The molecule has 0 radical (unpaired) electrons. The molecule has 0 heterocycles. The molecule has 0 aliphatic rings. The van der Waals surface area contributed by atoms with Crippen molar-refractivity contribution in [3.8, 4) is 0 Å². The van der Waals surface area contributed by atoms with Gasteiger partial charge in [0.15, 0.2) is 0 Å². The van der Waals surface area contributed by atoms with Crippen LogP contribution in [0.4, 0.5) is 0 Å². The fourth-order valence-corrected chi connectivity index (χ4v) is 3.28. The fourth-order valence-electron chi connectivity index (χ4n) is 3.28. The van der Waals surface area contributed by atoms with Crippen molar-refractivity contribution < 1.29 is 24.2 Å². The third kappa shape index (κ3) is 19.7. The quantitative estimate of drug-likeness (QED) is 0.155. The topological polar surface area (TPSA) is 107 Å². The van der Waals surface area contributed by atoms with Gasteiger partial charge in [-0.3, -0.25) is 9.59 Å². The van der Waals surface area contributed by atoms with E-state index in [4.69, 9.17) is 10.8 Å². The molecule has 0 aliphatic heterocycles. The van der Waals surface area contributed by atoms with E-state index in [2.05, 4.69) is 11.7 Å². The maximum absolute atomic E-state index is 11.6. The van der Waals surface area contributed by atoms with E-state index in [1.165, 1.54) is 77.0 Å². The number of esters is 2. The van der Waals surface area contributed by atoms with E-state index in [0.29, 0.717) is 6.42 Å².